The Bertz CT molecular complexity index is 868. The molecule has 1 N–H and O–H groups in total. The Morgan fingerprint density at radius 2 is 1.96 bits per heavy atom. The van der Waals surface area contributed by atoms with Gasteiger partial charge in [0.1, 0.15) is 6.10 Å². The molecule has 0 radical (unpaired) electrons. The Labute approximate surface area is 164 Å². The van der Waals surface area contributed by atoms with Crippen LogP contribution in [0.1, 0.15) is 11.1 Å². The molecule has 1 aliphatic rings. The van der Waals surface area contributed by atoms with E-state index in [0.29, 0.717) is 18.0 Å². The van der Waals surface area contributed by atoms with Crippen LogP contribution in [0.3, 0.4) is 0 Å². The van der Waals surface area contributed by atoms with Gasteiger partial charge in [0.05, 0.1) is 33.7 Å². The maximum absolute atomic E-state index is 12.3. The molecule has 28 heavy (non-hydrogen) atoms. The second-order valence-corrected chi connectivity index (χ2v) is 6.63. The predicted octanol–water partition coefficient (Wildman–Crippen LogP) is 2.70. The van der Waals surface area contributed by atoms with Crippen molar-refractivity contribution in [2.45, 2.75) is 19.4 Å². The molecule has 2 amide bonds. The number of anilines is 1. The largest absolute Gasteiger partial charge is 0.493 e. The zero-order valence-electron chi connectivity index (χ0n) is 16.2. The summed E-state index contributed by atoms with van der Waals surface area (Å²) in [5.74, 6) is 1.03. The van der Waals surface area contributed by atoms with Crippen LogP contribution in [0.15, 0.2) is 42.5 Å². The fourth-order valence-corrected chi connectivity index (χ4v) is 3.10. The van der Waals surface area contributed by atoms with Gasteiger partial charge in [0, 0.05) is 5.69 Å². The van der Waals surface area contributed by atoms with Crippen LogP contribution in [-0.4, -0.2) is 45.4 Å². The first-order valence-electron chi connectivity index (χ1n) is 9.02. The fraction of sp³-hybridized carbons (Fsp3) is 0.333. The van der Waals surface area contributed by atoms with Crippen molar-refractivity contribution in [2.75, 3.05) is 32.2 Å². The van der Waals surface area contributed by atoms with Gasteiger partial charge in [0.15, 0.2) is 11.5 Å². The molecule has 0 aromatic heterocycles. The minimum atomic E-state index is -0.398. The van der Waals surface area contributed by atoms with Crippen molar-refractivity contribution < 1.29 is 23.8 Å². The molecule has 0 spiro atoms. The number of nitrogens with zero attached hydrogens (tertiary/aromatic N) is 1. The third kappa shape index (κ3) is 4.54. The molecule has 7 nitrogen and oxygen atoms in total. The van der Waals surface area contributed by atoms with E-state index in [1.54, 1.807) is 31.3 Å². The van der Waals surface area contributed by atoms with E-state index < -0.39 is 6.09 Å². The molecule has 1 heterocycles. The summed E-state index contributed by atoms with van der Waals surface area (Å²) in [6, 6.07) is 13.0. The van der Waals surface area contributed by atoms with E-state index in [-0.39, 0.29) is 25.0 Å². The molecule has 2 aromatic rings. The zero-order chi connectivity index (χ0) is 20.1. The van der Waals surface area contributed by atoms with Gasteiger partial charge < -0.3 is 19.5 Å². The van der Waals surface area contributed by atoms with E-state index in [9.17, 15) is 9.59 Å². The van der Waals surface area contributed by atoms with Crippen molar-refractivity contribution in [1.29, 1.82) is 0 Å². The summed E-state index contributed by atoms with van der Waals surface area (Å²) in [7, 11) is 3.11. The number of ether oxygens (including phenoxy) is 3. The summed E-state index contributed by atoms with van der Waals surface area (Å²) in [5, 5.41) is 2.83. The van der Waals surface area contributed by atoms with Crippen LogP contribution in [0.5, 0.6) is 11.5 Å². The van der Waals surface area contributed by atoms with E-state index in [0.717, 1.165) is 16.8 Å². The van der Waals surface area contributed by atoms with Crippen molar-refractivity contribution in [3.05, 3.63) is 53.6 Å². The van der Waals surface area contributed by atoms with Crippen LogP contribution >= 0.6 is 0 Å². The van der Waals surface area contributed by atoms with Crippen LogP contribution < -0.4 is 19.7 Å². The van der Waals surface area contributed by atoms with Crippen LogP contribution in [0.4, 0.5) is 10.5 Å². The minimum absolute atomic E-state index is 0.155. The highest BCUT2D eigenvalue weighted by Gasteiger charge is 2.32. The first-order chi connectivity index (χ1) is 13.5. The molecule has 1 atom stereocenters. The second-order valence-electron chi connectivity index (χ2n) is 6.63. The van der Waals surface area contributed by atoms with Gasteiger partial charge in [0.25, 0.3) is 0 Å². The predicted molar refractivity (Wildman–Crippen MR) is 105 cm³/mol. The Balaban J connectivity index is 1.53. The number of aryl methyl sites for hydroxylation is 1. The van der Waals surface area contributed by atoms with Crippen molar-refractivity contribution in [3.63, 3.8) is 0 Å². The van der Waals surface area contributed by atoms with Crippen LogP contribution in [0.25, 0.3) is 0 Å². The summed E-state index contributed by atoms with van der Waals surface area (Å²) in [5.41, 5.74) is 2.67. The van der Waals surface area contributed by atoms with Crippen molar-refractivity contribution in [1.82, 2.24) is 5.32 Å². The number of hydrogen-bond acceptors (Lipinski definition) is 5. The van der Waals surface area contributed by atoms with E-state index >= 15 is 0 Å². The van der Waals surface area contributed by atoms with Gasteiger partial charge in [-0.1, -0.05) is 18.2 Å². The highest BCUT2D eigenvalue weighted by molar-refractivity contribution is 5.90. The Morgan fingerprint density at radius 1 is 1.18 bits per heavy atom. The number of carbonyl (C=O) groups is 2. The minimum Gasteiger partial charge on any atom is -0.493 e. The summed E-state index contributed by atoms with van der Waals surface area (Å²) < 4.78 is 15.8. The lowest BCUT2D eigenvalue weighted by atomic mass is 10.1. The highest BCUT2D eigenvalue weighted by atomic mass is 16.6. The van der Waals surface area contributed by atoms with Crippen LogP contribution in [-0.2, 0) is 16.0 Å². The van der Waals surface area contributed by atoms with Gasteiger partial charge in [-0.15, -0.1) is 0 Å². The fourth-order valence-electron chi connectivity index (χ4n) is 3.10. The number of cyclic esters (lactones) is 1. The molecule has 1 fully saturated rings. The second kappa shape index (κ2) is 8.65. The summed E-state index contributed by atoms with van der Waals surface area (Å²) in [6.45, 7) is 2.63. The molecular weight excluding hydrogens is 360 g/mol. The summed E-state index contributed by atoms with van der Waals surface area (Å²) in [6.07, 6.45) is -0.588. The average molecular weight is 384 g/mol. The van der Waals surface area contributed by atoms with Crippen molar-refractivity contribution >= 4 is 17.7 Å². The number of hydrogen-bond donors (Lipinski definition) is 1. The maximum Gasteiger partial charge on any atom is 0.414 e. The number of rotatable bonds is 7. The molecule has 1 saturated heterocycles. The smallest absolute Gasteiger partial charge is 0.414 e. The quantitative estimate of drug-likeness (QED) is 0.794. The maximum atomic E-state index is 12.3. The van der Waals surface area contributed by atoms with Gasteiger partial charge in [0.2, 0.25) is 5.91 Å². The van der Waals surface area contributed by atoms with Gasteiger partial charge >= 0.3 is 6.09 Å². The Kier molecular flexibility index (Phi) is 6.03. The van der Waals surface area contributed by atoms with E-state index in [1.165, 1.54) is 0 Å². The molecule has 1 unspecified atom stereocenters. The number of benzene rings is 2. The molecule has 148 valence electrons. The molecular formula is C21H24N2O5. The van der Waals surface area contributed by atoms with Crippen LogP contribution in [0.2, 0.25) is 0 Å². The third-order valence-corrected chi connectivity index (χ3v) is 4.53. The van der Waals surface area contributed by atoms with E-state index in [1.807, 2.05) is 37.3 Å². The Morgan fingerprint density at radius 3 is 2.68 bits per heavy atom. The average Bonchev–Trinajstić information content (AvgIpc) is 3.07. The number of nitrogens with one attached hydrogen (secondary N) is 1. The van der Waals surface area contributed by atoms with Gasteiger partial charge in [-0.2, -0.15) is 0 Å². The lowest BCUT2D eigenvalue weighted by Gasteiger charge is -2.14. The van der Waals surface area contributed by atoms with Crippen molar-refractivity contribution in [2.24, 2.45) is 0 Å². The number of methoxy groups -OCH3 is 2. The first kappa shape index (κ1) is 19.5. The Hall–Kier alpha value is -3.22. The lowest BCUT2D eigenvalue weighted by molar-refractivity contribution is -0.120. The third-order valence-electron chi connectivity index (χ3n) is 4.53. The van der Waals surface area contributed by atoms with Gasteiger partial charge in [-0.25, -0.2) is 4.79 Å². The molecule has 2 aromatic carbocycles. The lowest BCUT2D eigenvalue weighted by Crippen LogP contribution is -2.35. The molecule has 0 aliphatic carbocycles. The first-order valence-corrected chi connectivity index (χ1v) is 9.02. The number of amides is 2. The molecule has 0 bridgehead atoms. The zero-order valence-corrected chi connectivity index (χ0v) is 16.2. The SMILES string of the molecule is COc1ccc(CC(=O)NCC2CN(c3cccc(C)c3)C(=O)O2)cc1OC. The molecule has 1 aliphatic heterocycles. The van der Waals surface area contributed by atoms with E-state index in [4.69, 9.17) is 14.2 Å². The van der Waals surface area contributed by atoms with Crippen molar-refractivity contribution in [3.8, 4) is 11.5 Å². The van der Waals surface area contributed by atoms with E-state index in [2.05, 4.69) is 5.32 Å². The normalized spacial score (nSPS) is 15.9. The summed E-state index contributed by atoms with van der Waals surface area (Å²) in [4.78, 5) is 26.0. The molecule has 3 rings (SSSR count). The van der Waals surface area contributed by atoms with Gasteiger partial charge in [-0.05, 0) is 42.3 Å². The number of carbonyl (C=O) groups excluding carboxylic acids is 2. The highest BCUT2D eigenvalue weighted by Crippen LogP contribution is 2.27. The molecule has 7 heteroatoms. The monoisotopic (exact) mass is 384 g/mol. The molecule has 0 saturated carbocycles. The van der Waals surface area contributed by atoms with Crippen LogP contribution in [0, 0.1) is 6.92 Å². The van der Waals surface area contributed by atoms with Gasteiger partial charge in [-0.3, -0.25) is 9.69 Å². The standard InChI is InChI=1S/C21H24N2O5/c1-14-5-4-6-16(9-14)23-13-17(28-21(23)25)12-22-20(24)11-15-7-8-18(26-2)19(10-15)27-3/h4-10,17H,11-13H2,1-3H3,(H,22,24). The topological polar surface area (TPSA) is 77.1 Å². The summed E-state index contributed by atoms with van der Waals surface area (Å²) >= 11 is 0.